The van der Waals surface area contributed by atoms with Crippen LogP contribution in [0.2, 0.25) is 0 Å². The maximum Gasteiger partial charge on any atom is 0.416 e. The van der Waals surface area contributed by atoms with Gasteiger partial charge in [-0.3, -0.25) is 9.69 Å². The molecule has 1 unspecified atom stereocenters. The van der Waals surface area contributed by atoms with E-state index in [1.807, 2.05) is 0 Å². The molecule has 1 fully saturated rings. The second-order valence-corrected chi connectivity index (χ2v) is 6.88. The van der Waals surface area contributed by atoms with Gasteiger partial charge in [0.15, 0.2) is 0 Å². The quantitative estimate of drug-likeness (QED) is 0.750. The molecule has 27 heavy (non-hydrogen) atoms. The van der Waals surface area contributed by atoms with Crippen molar-refractivity contribution >= 4 is 29.4 Å². The lowest BCUT2D eigenvalue weighted by Crippen LogP contribution is -2.37. The van der Waals surface area contributed by atoms with E-state index in [1.165, 1.54) is 0 Å². The first-order valence-corrected chi connectivity index (χ1v) is 8.53. The Morgan fingerprint density at radius 3 is 2.11 bits per heavy atom. The third-order valence-corrected chi connectivity index (χ3v) is 4.34. The Balaban J connectivity index is 2.30. The summed E-state index contributed by atoms with van der Waals surface area (Å²) in [7, 11) is 0. The largest absolute Gasteiger partial charge is 0.425 e. The second-order valence-electron chi connectivity index (χ2n) is 5.86. The van der Waals surface area contributed by atoms with E-state index < -0.39 is 46.6 Å². The molecule has 1 aliphatic rings. The summed E-state index contributed by atoms with van der Waals surface area (Å²) in [6.07, 6.45) is -11.0. The lowest BCUT2D eigenvalue weighted by Gasteiger charge is -2.20. The highest BCUT2D eigenvalue weighted by Gasteiger charge is 2.41. The molecule has 1 aliphatic heterocycles. The third-order valence-electron chi connectivity index (χ3n) is 3.33. The Labute approximate surface area is 154 Å². The Kier molecular flexibility index (Phi) is 5.88. The van der Waals surface area contributed by atoms with E-state index in [0.717, 1.165) is 11.8 Å². The van der Waals surface area contributed by atoms with E-state index in [2.05, 4.69) is 5.32 Å². The maximum atomic E-state index is 12.9. The number of rotatable bonds is 3. The van der Waals surface area contributed by atoms with E-state index in [0.29, 0.717) is 17.0 Å². The lowest BCUT2D eigenvalue weighted by atomic mass is 10.1. The van der Waals surface area contributed by atoms with Crippen LogP contribution in [0.4, 0.5) is 36.8 Å². The second kappa shape index (κ2) is 7.49. The summed E-state index contributed by atoms with van der Waals surface area (Å²) in [6.45, 7) is 3.27. The van der Waals surface area contributed by atoms with Crippen LogP contribution < -0.4 is 10.2 Å². The van der Waals surface area contributed by atoms with Crippen LogP contribution in [-0.4, -0.2) is 29.4 Å². The zero-order chi connectivity index (χ0) is 20.6. The fourth-order valence-electron chi connectivity index (χ4n) is 2.15. The van der Waals surface area contributed by atoms with Crippen molar-refractivity contribution in [2.75, 3.05) is 10.8 Å². The van der Waals surface area contributed by atoms with Crippen LogP contribution in [0.5, 0.6) is 0 Å². The molecule has 1 aromatic carbocycles. The molecule has 0 bridgehead atoms. The van der Waals surface area contributed by atoms with Crippen molar-refractivity contribution in [2.45, 2.75) is 37.7 Å². The Morgan fingerprint density at radius 2 is 1.67 bits per heavy atom. The number of hydrogen-bond acceptors (Lipinski definition) is 4. The van der Waals surface area contributed by atoms with Crippen LogP contribution in [0.1, 0.15) is 25.0 Å². The number of anilines is 1. The van der Waals surface area contributed by atoms with Gasteiger partial charge in [0.1, 0.15) is 0 Å². The minimum atomic E-state index is -5.03. The SMILES string of the molecule is CC(C)NC(=O)OC1SCN(c2cc(C(F)(F)F)cc(C(F)(F)F)c2)C1=O. The van der Waals surface area contributed by atoms with Gasteiger partial charge in [-0.05, 0) is 32.0 Å². The smallest absolute Gasteiger partial charge is 0.416 e. The van der Waals surface area contributed by atoms with Crippen LogP contribution in [-0.2, 0) is 21.9 Å². The van der Waals surface area contributed by atoms with Crippen LogP contribution in [0.25, 0.3) is 0 Å². The van der Waals surface area contributed by atoms with Crippen molar-refractivity contribution in [3.05, 3.63) is 29.3 Å². The Hall–Kier alpha value is -2.11. The van der Waals surface area contributed by atoms with Crippen molar-refractivity contribution in [2.24, 2.45) is 0 Å². The van der Waals surface area contributed by atoms with E-state index in [-0.39, 0.29) is 18.0 Å². The van der Waals surface area contributed by atoms with Crippen molar-refractivity contribution < 1.29 is 40.7 Å². The summed E-state index contributed by atoms with van der Waals surface area (Å²) in [5.74, 6) is -1.19. The summed E-state index contributed by atoms with van der Waals surface area (Å²) >= 11 is 0.766. The molecule has 1 atom stereocenters. The minimum absolute atomic E-state index is 0.0265. The highest BCUT2D eigenvalue weighted by Crippen LogP contribution is 2.40. The molecule has 1 saturated heterocycles. The van der Waals surface area contributed by atoms with Gasteiger partial charge in [-0.2, -0.15) is 26.3 Å². The predicted molar refractivity (Wildman–Crippen MR) is 84.9 cm³/mol. The fourth-order valence-corrected chi connectivity index (χ4v) is 3.14. The average molecular weight is 416 g/mol. The van der Waals surface area contributed by atoms with Gasteiger partial charge in [0.05, 0.1) is 17.0 Å². The van der Waals surface area contributed by atoms with Crippen LogP contribution >= 0.6 is 11.8 Å². The standard InChI is InChI=1S/C15H14F6N2O3S/c1-7(2)22-13(25)26-12-11(24)23(6-27-12)10-4-8(14(16,17)18)3-9(5-10)15(19,20)21/h3-5,7,12H,6H2,1-2H3,(H,22,25). The molecule has 12 heteroatoms. The van der Waals surface area contributed by atoms with Gasteiger partial charge in [0.2, 0.25) is 5.44 Å². The van der Waals surface area contributed by atoms with Crippen molar-refractivity contribution in [3.63, 3.8) is 0 Å². The van der Waals surface area contributed by atoms with Gasteiger partial charge < -0.3 is 10.1 Å². The Bertz CT molecular complexity index is 703. The van der Waals surface area contributed by atoms with Gasteiger partial charge in [0.25, 0.3) is 5.91 Å². The summed E-state index contributed by atoms with van der Waals surface area (Å²) < 4.78 is 82.5. The van der Waals surface area contributed by atoms with Crippen LogP contribution in [0.15, 0.2) is 18.2 Å². The Morgan fingerprint density at radius 1 is 1.15 bits per heavy atom. The molecule has 5 nitrogen and oxygen atoms in total. The average Bonchev–Trinajstić information content (AvgIpc) is 2.85. The van der Waals surface area contributed by atoms with E-state index in [1.54, 1.807) is 13.8 Å². The third kappa shape index (κ3) is 5.21. The van der Waals surface area contributed by atoms with Crippen molar-refractivity contribution in [3.8, 4) is 0 Å². The molecule has 0 aromatic heterocycles. The summed E-state index contributed by atoms with van der Waals surface area (Å²) in [6, 6.07) is 0.586. The number of benzene rings is 1. The first-order valence-electron chi connectivity index (χ1n) is 7.48. The van der Waals surface area contributed by atoms with Gasteiger partial charge in [0, 0.05) is 11.7 Å². The molecule has 0 saturated carbocycles. The number of nitrogens with one attached hydrogen (secondary N) is 1. The molecule has 0 aliphatic carbocycles. The molecular formula is C15H14F6N2O3S. The molecule has 1 heterocycles. The van der Waals surface area contributed by atoms with E-state index >= 15 is 0 Å². The lowest BCUT2D eigenvalue weighted by molar-refractivity contribution is -0.143. The molecule has 150 valence electrons. The molecule has 0 spiro atoms. The molecule has 1 N–H and O–H groups in total. The number of nitrogens with zero attached hydrogens (tertiary/aromatic N) is 1. The number of ether oxygens (including phenoxy) is 1. The first kappa shape index (κ1) is 21.2. The molecular weight excluding hydrogens is 402 g/mol. The fraction of sp³-hybridized carbons (Fsp3) is 0.467. The first-order chi connectivity index (χ1) is 12.3. The highest BCUT2D eigenvalue weighted by atomic mass is 32.2. The van der Waals surface area contributed by atoms with E-state index in [9.17, 15) is 35.9 Å². The highest BCUT2D eigenvalue weighted by molar-refractivity contribution is 8.01. The normalized spacial score (nSPS) is 18.2. The maximum absolute atomic E-state index is 12.9. The minimum Gasteiger partial charge on any atom is -0.425 e. The number of halogens is 6. The van der Waals surface area contributed by atoms with Gasteiger partial charge in [-0.15, -0.1) is 0 Å². The molecule has 2 rings (SSSR count). The summed E-state index contributed by atoms with van der Waals surface area (Å²) in [4.78, 5) is 24.6. The summed E-state index contributed by atoms with van der Waals surface area (Å²) in [5.41, 5.74) is -5.02. The number of alkyl halides is 6. The van der Waals surface area contributed by atoms with E-state index in [4.69, 9.17) is 4.74 Å². The predicted octanol–water partition coefficient (Wildman–Crippen LogP) is 4.22. The van der Waals surface area contributed by atoms with Crippen LogP contribution in [0, 0.1) is 0 Å². The van der Waals surface area contributed by atoms with Crippen LogP contribution in [0.3, 0.4) is 0 Å². The number of carbonyl (C=O) groups excluding carboxylic acids is 2. The monoisotopic (exact) mass is 416 g/mol. The zero-order valence-corrected chi connectivity index (χ0v) is 14.8. The van der Waals surface area contributed by atoms with Gasteiger partial charge in [-0.25, -0.2) is 4.79 Å². The number of alkyl carbamates (subject to hydrolysis) is 1. The van der Waals surface area contributed by atoms with Crippen molar-refractivity contribution in [1.29, 1.82) is 0 Å². The van der Waals surface area contributed by atoms with Gasteiger partial charge in [-0.1, -0.05) is 11.8 Å². The number of amides is 2. The number of hydrogen-bond donors (Lipinski definition) is 1. The number of carbonyl (C=O) groups is 2. The van der Waals surface area contributed by atoms with Gasteiger partial charge >= 0.3 is 18.4 Å². The zero-order valence-electron chi connectivity index (χ0n) is 13.9. The molecule has 1 aromatic rings. The topological polar surface area (TPSA) is 58.6 Å². The number of thioether (sulfide) groups is 1. The molecule has 2 amide bonds. The van der Waals surface area contributed by atoms with Crippen molar-refractivity contribution in [1.82, 2.24) is 5.32 Å². The summed E-state index contributed by atoms with van der Waals surface area (Å²) in [5, 5.41) is 2.36. The molecule has 0 radical (unpaired) electrons.